The van der Waals surface area contributed by atoms with E-state index in [4.69, 9.17) is 21.1 Å². The molecule has 0 bridgehead atoms. The first-order valence-electron chi connectivity index (χ1n) is 13.6. The van der Waals surface area contributed by atoms with Crippen molar-refractivity contribution in [2.75, 3.05) is 14.2 Å². The van der Waals surface area contributed by atoms with Crippen LogP contribution < -0.4 is 14.8 Å². The average Bonchev–Trinajstić information content (AvgIpc) is 3.47. The van der Waals surface area contributed by atoms with Crippen molar-refractivity contribution < 1.29 is 19.1 Å². The van der Waals surface area contributed by atoms with Crippen molar-refractivity contribution in [3.8, 4) is 11.5 Å². The third-order valence-corrected chi connectivity index (χ3v) is 7.53. The molecule has 1 saturated carbocycles. The molecule has 39 heavy (non-hydrogen) atoms. The molecule has 1 N–H and O–H groups in total. The smallest absolute Gasteiger partial charge is 0.243 e. The molecule has 1 aliphatic carbocycles. The Morgan fingerprint density at radius 2 is 1.62 bits per heavy atom. The van der Waals surface area contributed by atoms with Crippen LogP contribution in [0.25, 0.3) is 0 Å². The summed E-state index contributed by atoms with van der Waals surface area (Å²) in [6, 6.07) is 22.5. The molecule has 1 aliphatic rings. The van der Waals surface area contributed by atoms with E-state index in [-0.39, 0.29) is 24.3 Å². The van der Waals surface area contributed by atoms with Crippen LogP contribution in [0.1, 0.15) is 48.8 Å². The summed E-state index contributed by atoms with van der Waals surface area (Å²) in [4.78, 5) is 29.4. The summed E-state index contributed by atoms with van der Waals surface area (Å²) in [5.74, 6) is 1.07. The molecule has 7 heteroatoms. The largest absolute Gasteiger partial charge is 0.493 e. The lowest BCUT2D eigenvalue weighted by atomic mass is 10.0. The van der Waals surface area contributed by atoms with Gasteiger partial charge < -0.3 is 19.7 Å². The Labute approximate surface area is 236 Å². The van der Waals surface area contributed by atoms with Crippen molar-refractivity contribution in [1.29, 1.82) is 0 Å². The molecule has 0 radical (unpaired) electrons. The first-order valence-corrected chi connectivity index (χ1v) is 13.9. The molecule has 2 amide bonds. The van der Waals surface area contributed by atoms with Gasteiger partial charge in [-0.05, 0) is 60.2 Å². The van der Waals surface area contributed by atoms with Crippen LogP contribution in [-0.4, -0.2) is 43.0 Å². The minimum absolute atomic E-state index is 0.0905. The third-order valence-electron chi connectivity index (χ3n) is 7.29. The van der Waals surface area contributed by atoms with Crippen LogP contribution >= 0.6 is 11.6 Å². The Morgan fingerprint density at radius 1 is 0.897 bits per heavy atom. The maximum Gasteiger partial charge on any atom is 0.243 e. The van der Waals surface area contributed by atoms with Crippen molar-refractivity contribution in [3.05, 3.63) is 94.5 Å². The number of hydrogen-bond acceptors (Lipinski definition) is 4. The molecule has 4 rings (SSSR count). The molecule has 3 aromatic rings. The Balaban J connectivity index is 1.61. The van der Waals surface area contributed by atoms with Crippen LogP contribution in [-0.2, 0) is 29.0 Å². The van der Waals surface area contributed by atoms with Gasteiger partial charge in [-0.2, -0.15) is 0 Å². The SMILES string of the molecule is COc1ccc(CCC(=O)N(Cc2cccc(Cl)c2)[C@@H](Cc2ccccc2)C(=O)NC2CCCC2)cc1OC. The molecule has 0 unspecified atom stereocenters. The zero-order valence-electron chi connectivity index (χ0n) is 22.7. The van der Waals surface area contributed by atoms with Crippen LogP contribution in [0.5, 0.6) is 11.5 Å². The van der Waals surface area contributed by atoms with Gasteiger partial charge in [0.15, 0.2) is 11.5 Å². The number of hydrogen-bond donors (Lipinski definition) is 1. The summed E-state index contributed by atoms with van der Waals surface area (Å²) in [6.45, 7) is 0.293. The number of amides is 2. The lowest BCUT2D eigenvalue weighted by Crippen LogP contribution is -2.52. The third kappa shape index (κ3) is 7.99. The van der Waals surface area contributed by atoms with Crippen LogP contribution in [0, 0.1) is 0 Å². The van der Waals surface area contributed by atoms with E-state index in [0.29, 0.717) is 35.9 Å². The highest BCUT2D eigenvalue weighted by Gasteiger charge is 2.32. The monoisotopic (exact) mass is 548 g/mol. The minimum atomic E-state index is -0.648. The van der Waals surface area contributed by atoms with E-state index in [9.17, 15) is 9.59 Å². The van der Waals surface area contributed by atoms with Gasteiger partial charge in [0.1, 0.15) is 6.04 Å². The van der Waals surface area contributed by atoms with Gasteiger partial charge in [-0.3, -0.25) is 9.59 Å². The molecule has 0 heterocycles. The normalized spacial score (nSPS) is 14.0. The van der Waals surface area contributed by atoms with Gasteiger partial charge >= 0.3 is 0 Å². The second-order valence-electron chi connectivity index (χ2n) is 10.0. The summed E-state index contributed by atoms with van der Waals surface area (Å²) in [7, 11) is 3.19. The lowest BCUT2D eigenvalue weighted by Gasteiger charge is -2.32. The summed E-state index contributed by atoms with van der Waals surface area (Å²) in [5.41, 5.74) is 2.85. The zero-order chi connectivity index (χ0) is 27.6. The van der Waals surface area contributed by atoms with Gasteiger partial charge in [0.25, 0.3) is 0 Å². The Kier molecular flexibility index (Phi) is 10.3. The molecule has 206 valence electrons. The Morgan fingerprint density at radius 3 is 2.31 bits per heavy atom. The van der Waals surface area contributed by atoms with E-state index in [2.05, 4.69) is 5.32 Å². The minimum Gasteiger partial charge on any atom is -0.493 e. The average molecular weight is 549 g/mol. The van der Waals surface area contributed by atoms with Gasteiger partial charge in [-0.1, -0.05) is 73.0 Å². The summed E-state index contributed by atoms with van der Waals surface area (Å²) >= 11 is 6.28. The highest BCUT2D eigenvalue weighted by molar-refractivity contribution is 6.30. The molecule has 3 aromatic carbocycles. The Hall–Kier alpha value is -3.51. The topological polar surface area (TPSA) is 67.9 Å². The van der Waals surface area contributed by atoms with Crippen LogP contribution in [0.2, 0.25) is 5.02 Å². The van der Waals surface area contributed by atoms with Crippen LogP contribution in [0.15, 0.2) is 72.8 Å². The predicted octanol–water partition coefficient (Wildman–Crippen LogP) is 5.99. The second kappa shape index (κ2) is 14.0. The molecule has 0 spiro atoms. The van der Waals surface area contributed by atoms with Crippen LogP contribution in [0.3, 0.4) is 0 Å². The highest BCUT2D eigenvalue weighted by Crippen LogP contribution is 2.28. The molecule has 0 aliphatic heterocycles. The van der Waals surface area contributed by atoms with E-state index in [1.54, 1.807) is 19.1 Å². The maximum atomic E-state index is 13.9. The Bertz CT molecular complexity index is 1240. The van der Waals surface area contributed by atoms with E-state index in [0.717, 1.165) is 42.4 Å². The van der Waals surface area contributed by atoms with Crippen molar-refractivity contribution in [1.82, 2.24) is 10.2 Å². The zero-order valence-corrected chi connectivity index (χ0v) is 23.5. The van der Waals surface area contributed by atoms with E-state index >= 15 is 0 Å². The molecule has 0 aromatic heterocycles. The lowest BCUT2D eigenvalue weighted by molar-refractivity contribution is -0.141. The fourth-order valence-electron chi connectivity index (χ4n) is 5.18. The molecule has 1 fully saturated rings. The summed E-state index contributed by atoms with van der Waals surface area (Å²) < 4.78 is 10.8. The molecule has 6 nitrogen and oxygen atoms in total. The first kappa shape index (κ1) is 28.5. The number of carbonyl (C=O) groups is 2. The van der Waals surface area contributed by atoms with E-state index in [1.165, 1.54) is 0 Å². The highest BCUT2D eigenvalue weighted by atomic mass is 35.5. The van der Waals surface area contributed by atoms with Crippen molar-refractivity contribution >= 4 is 23.4 Å². The van der Waals surface area contributed by atoms with E-state index in [1.807, 2.05) is 72.8 Å². The maximum absolute atomic E-state index is 13.9. The predicted molar refractivity (Wildman–Crippen MR) is 154 cm³/mol. The second-order valence-corrected chi connectivity index (χ2v) is 10.5. The molecular weight excluding hydrogens is 512 g/mol. The van der Waals surface area contributed by atoms with E-state index < -0.39 is 6.04 Å². The number of methoxy groups -OCH3 is 2. The first-order chi connectivity index (χ1) is 19.0. The number of nitrogens with one attached hydrogen (secondary N) is 1. The van der Waals surface area contributed by atoms with Gasteiger partial charge in [0, 0.05) is 30.5 Å². The summed E-state index contributed by atoms with van der Waals surface area (Å²) in [5, 5.41) is 3.84. The molecular formula is C32H37ClN2O4. The van der Waals surface area contributed by atoms with Crippen molar-refractivity contribution in [3.63, 3.8) is 0 Å². The van der Waals surface area contributed by atoms with Crippen molar-refractivity contribution in [2.45, 2.75) is 63.6 Å². The number of ether oxygens (including phenoxy) is 2. The quantitative estimate of drug-likeness (QED) is 0.302. The molecule has 0 saturated heterocycles. The number of aryl methyl sites for hydroxylation is 1. The standard InChI is InChI=1S/C32H37ClN2O4/c1-38-29-17-15-24(21-30(29)39-2)16-18-31(36)35(22-25-11-8-12-26(33)19-25)28(20-23-9-4-3-5-10-23)32(37)34-27-13-6-7-14-27/h3-5,8-12,15,17,19,21,27-28H,6-7,13-14,16,18,20,22H2,1-2H3,(H,34,37)/t28-/m0/s1. The fraction of sp³-hybridized carbons (Fsp3) is 0.375. The van der Waals surface area contributed by atoms with Crippen molar-refractivity contribution in [2.24, 2.45) is 0 Å². The molecule has 1 atom stereocenters. The number of nitrogens with zero attached hydrogens (tertiary/aromatic N) is 1. The van der Waals surface area contributed by atoms with Gasteiger partial charge in [0.05, 0.1) is 14.2 Å². The fourth-order valence-corrected chi connectivity index (χ4v) is 5.40. The number of benzene rings is 3. The van der Waals surface area contributed by atoms with Gasteiger partial charge in [0.2, 0.25) is 11.8 Å². The van der Waals surface area contributed by atoms with Gasteiger partial charge in [-0.15, -0.1) is 0 Å². The number of rotatable bonds is 12. The summed E-state index contributed by atoms with van der Waals surface area (Å²) in [6.07, 6.45) is 5.37. The number of halogens is 1. The van der Waals surface area contributed by atoms with Gasteiger partial charge in [-0.25, -0.2) is 0 Å². The van der Waals surface area contributed by atoms with Crippen LogP contribution in [0.4, 0.5) is 0 Å². The number of carbonyl (C=O) groups excluding carboxylic acids is 2.